The largest absolute Gasteiger partial charge is 0.356 e. The molecule has 5 rings (SSSR count). The van der Waals surface area contributed by atoms with Crippen LogP contribution in [0.1, 0.15) is 43.0 Å². The maximum Gasteiger partial charge on any atom is 0.223 e. The minimum Gasteiger partial charge on any atom is -0.356 e. The van der Waals surface area contributed by atoms with Crippen LogP contribution in [0.15, 0.2) is 54.6 Å². The summed E-state index contributed by atoms with van der Waals surface area (Å²) in [5, 5.41) is 1.33. The number of para-hydroxylation sites is 1. The number of fused-ring (bicyclic) bond motifs is 4. The highest BCUT2D eigenvalue weighted by Crippen LogP contribution is 2.45. The summed E-state index contributed by atoms with van der Waals surface area (Å²) >= 11 is 0. The Morgan fingerprint density at radius 1 is 1.00 bits per heavy atom. The van der Waals surface area contributed by atoms with Crippen molar-refractivity contribution in [2.45, 2.75) is 44.7 Å². The first kappa shape index (κ1) is 18.4. The van der Waals surface area contributed by atoms with E-state index in [0.29, 0.717) is 6.42 Å². The summed E-state index contributed by atoms with van der Waals surface area (Å²) in [7, 11) is 0. The molecule has 0 unspecified atom stereocenters. The lowest BCUT2D eigenvalue weighted by atomic mass is 9.77. The molecule has 1 saturated heterocycles. The first-order valence-corrected chi connectivity index (χ1v) is 10.9. The minimum atomic E-state index is -0.188. The summed E-state index contributed by atoms with van der Waals surface area (Å²) in [6.07, 6.45) is 3.50. The molecule has 1 aromatic heterocycles. The Labute approximate surface area is 172 Å². The number of hydrogen-bond donors (Lipinski definition) is 1. The molecular formula is C25H29N3O. The van der Waals surface area contributed by atoms with Crippen molar-refractivity contribution in [3.05, 3.63) is 71.4 Å². The average Bonchev–Trinajstić information content (AvgIpc) is 3.16. The Bertz CT molecular complexity index is 1010. The van der Waals surface area contributed by atoms with Gasteiger partial charge in [0.25, 0.3) is 0 Å². The van der Waals surface area contributed by atoms with E-state index >= 15 is 0 Å². The number of benzene rings is 2. The number of carbonyl (C=O) groups is 1. The zero-order chi connectivity index (χ0) is 19.8. The molecule has 1 fully saturated rings. The molecule has 3 heterocycles. The topological polar surface area (TPSA) is 39.3 Å². The van der Waals surface area contributed by atoms with E-state index < -0.39 is 0 Å². The molecule has 4 nitrogen and oxygen atoms in total. The van der Waals surface area contributed by atoms with Crippen LogP contribution >= 0.6 is 0 Å². The number of rotatable bonds is 3. The molecular weight excluding hydrogens is 358 g/mol. The maximum absolute atomic E-state index is 12.9. The van der Waals surface area contributed by atoms with E-state index in [1.807, 2.05) is 6.92 Å². The van der Waals surface area contributed by atoms with Crippen LogP contribution in [-0.4, -0.2) is 40.3 Å². The van der Waals surface area contributed by atoms with E-state index in [9.17, 15) is 4.79 Å². The summed E-state index contributed by atoms with van der Waals surface area (Å²) in [5.41, 5.74) is 5.10. The molecule has 3 aromatic rings. The van der Waals surface area contributed by atoms with Crippen molar-refractivity contribution in [2.24, 2.45) is 0 Å². The number of amides is 1. The molecule has 0 atom stereocenters. The lowest BCUT2D eigenvalue weighted by Crippen LogP contribution is -2.58. The average molecular weight is 388 g/mol. The normalized spacial score (nSPS) is 18.9. The molecule has 2 aliphatic heterocycles. The molecule has 1 spiro atoms. The standard InChI is InChI=1S/C25H29N3O/c1-2-23(29)28-15-12-21-20-10-6-7-11-22(20)26-24(21)25(28)13-16-27(17-14-25)18-19-8-4-3-5-9-19/h3-11,26H,2,12-18H2,1H3. The van der Waals surface area contributed by atoms with E-state index in [1.54, 1.807) is 0 Å². The molecule has 1 N–H and O–H groups in total. The van der Waals surface area contributed by atoms with Crippen LogP contribution in [0, 0.1) is 0 Å². The lowest BCUT2D eigenvalue weighted by Gasteiger charge is -2.51. The van der Waals surface area contributed by atoms with Gasteiger partial charge in [0.05, 0.1) is 5.54 Å². The number of nitrogens with zero attached hydrogens (tertiary/aromatic N) is 2. The molecule has 0 bridgehead atoms. The Morgan fingerprint density at radius 2 is 1.72 bits per heavy atom. The van der Waals surface area contributed by atoms with Crippen molar-refractivity contribution in [2.75, 3.05) is 19.6 Å². The maximum atomic E-state index is 12.9. The second-order valence-electron chi connectivity index (χ2n) is 8.47. The third kappa shape index (κ3) is 3.06. The van der Waals surface area contributed by atoms with E-state index in [4.69, 9.17) is 0 Å². The fourth-order valence-electron chi connectivity index (χ4n) is 5.43. The highest BCUT2D eigenvalue weighted by Gasteiger charge is 2.47. The number of piperidine rings is 1. The zero-order valence-corrected chi connectivity index (χ0v) is 17.2. The number of aromatic nitrogens is 1. The van der Waals surface area contributed by atoms with E-state index in [-0.39, 0.29) is 11.4 Å². The van der Waals surface area contributed by atoms with Crippen molar-refractivity contribution in [3.8, 4) is 0 Å². The van der Waals surface area contributed by atoms with E-state index in [1.165, 1.54) is 27.7 Å². The third-order valence-corrected chi connectivity index (χ3v) is 6.92. The van der Waals surface area contributed by atoms with Crippen LogP contribution in [0.2, 0.25) is 0 Å². The van der Waals surface area contributed by atoms with Crippen LogP contribution in [0.3, 0.4) is 0 Å². The Morgan fingerprint density at radius 3 is 2.48 bits per heavy atom. The van der Waals surface area contributed by atoms with Gasteiger partial charge in [-0.25, -0.2) is 0 Å². The van der Waals surface area contributed by atoms with Crippen LogP contribution in [0.25, 0.3) is 10.9 Å². The number of aromatic amines is 1. The monoisotopic (exact) mass is 387 g/mol. The number of nitrogens with one attached hydrogen (secondary N) is 1. The van der Waals surface area contributed by atoms with E-state index in [2.05, 4.69) is 69.4 Å². The molecule has 0 radical (unpaired) electrons. The first-order chi connectivity index (χ1) is 14.2. The van der Waals surface area contributed by atoms with Crippen molar-refractivity contribution >= 4 is 16.8 Å². The predicted molar refractivity (Wildman–Crippen MR) is 117 cm³/mol. The number of carbonyl (C=O) groups excluding carboxylic acids is 1. The van der Waals surface area contributed by atoms with Crippen molar-refractivity contribution in [1.29, 1.82) is 0 Å². The van der Waals surface area contributed by atoms with Gasteiger partial charge in [0.2, 0.25) is 5.91 Å². The van der Waals surface area contributed by atoms with Gasteiger partial charge in [-0.2, -0.15) is 0 Å². The molecule has 2 aliphatic rings. The second kappa shape index (κ2) is 7.34. The Hall–Kier alpha value is -2.59. The molecule has 150 valence electrons. The Kier molecular flexibility index (Phi) is 4.67. The summed E-state index contributed by atoms with van der Waals surface area (Å²) in [6, 6.07) is 19.3. The Balaban J connectivity index is 1.48. The highest BCUT2D eigenvalue weighted by atomic mass is 16.2. The smallest absolute Gasteiger partial charge is 0.223 e. The first-order valence-electron chi connectivity index (χ1n) is 10.9. The van der Waals surface area contributed by atoms with Gasteiger partial charge in [-0.05, 0) is 36.5 Å². The van der Waals surface area contributed by atoms with Crippen LogP contribution in [0.5, 0.6) is 0 Å². The second-order valence-corrected chi connectivity index (χ2v) is 8.47. The van der Waals surface area contributed by atoms with Gasteiger partial charge < -0.3 is 9.88 Å². The quantitative estimate of drug-likeness (QED) is 0.721. The van der Waals surface area contributed by atoms with Crippen molar-refractivity contribution in [3.63, 3.8) is 0 Å². The van der Waals surface area contributed by atoms with E-state index in [0.717, 1.165) is 45.4 Å². The fourth-order valence-corrected chi connectivity index (χ4v) is 5.43. The van der Waals surface area contributed by atoms with Crippen LogP contribution in [-0.2, 0) is 23.3 Å². The summed E-state index contributed by atoms with van der Waals surface area (Å²) in [5.74, 6) is 0.283. The van der Waals surface area contributed by atoms with Gasteiger partial charge in [-0.15, -0.1) is 0 Å². The van der Waals surface area contributed by atoms with Crippen LogP contribution in [0.4, 0.5) is 0 Å². The van der Waals surface area contributed by atoms with Gasteiger partial charge in [0, 0.05) is 49.2 Å². The summed E-state index contributed by atoms with van der Waals surface area (Å²) in [4.78, 5) is 21.4. The minimum absolute atomic E-state index is 0.188. The molecule has 29 heavy (non-hydrogen) atoms. The molecule has 0 aliphatic carbocycles. The van der Waals surface area contributed by atoms with Gasteiger partial charge in [0.1, 0.15) is 0 Å². The zero-order valence-electron chi connectivity index (χ0n) is 17.2. The highest BCUT2D eigenvalue weighted by molar-refractivity contribution is 5.86. The van der Waals surface area contributed by atoms with Gasteiger partial charge >= 0.3 is 0 Å². The molecule has 0 saturated carbocycles. The third-order valence-electron chi connectivity index (χ3n) is 6.92. The molecule has 1 amide bonds. The number of likely N-dealkylation sites (tertiary alicyclic amines) is 1. The van der Waals surface area contributed by atoms with Gasteiger partial charge in [0.15, 0.2) is 0 Å². The number of H-pyrrole nitrogens is 1. The van der Waals surface area contributed by atoms with Crippen molar-refractivity contribution < 1.29 is 4.79 Å². The van der Waals surface area contributed by atoms with Gasteiger partial charge in [-0.3, -0.25) is 9.69 Å². The lowest BCUT2D eigenvalue weighted by molar-refractivity contribution is -0.141. The van der Waals surface area contributed by atoms with Gasteiger partial charge in [-0.1, -0.05) is 55.5 Å². The SMILES string of the molecule is CCC(=O)N1CCc2c([nH]c3ccccc23)C12CCN(Cc1ccccc1)CC2. The van der Waals surface area contributed by atoms with Crippen LogP contribution < -0.4 is 0 Å². The molecule has 2 aromatic carbocycles. The fraction of sp³-hybridized carbons (Fsp3) is 0.400. The molecule has 4 heteroatoms. The summed E-state index contributed by atoms with van der Waals surface area (Å²) in [6.45, 7) is 5.83. The predicted octanol–water partition coefficient (Wildman–Crippen LogP) is 4.45. The van der Waals surface area contributed by atoms with Crippen molar-refractivity contribution in [1.82, 2.24) is 14.8 Å². The summed E-state index contributed by atoms with van der Waals surface area (Å²) < 4.78 is 0. The number of hydrogen-bond acceptors (Lipinski definition) is 2.